The van der Waals surface area contributed by atoms with Crippen LogP contribution in [-0.4, -0.2) is 24.5 Å². The molecule has 2 nitrogen and oxygen atoms in total. The van der Waals surface area contributed by atoms with E-state index in [1.165, 1.54) is 32.0 Å². The molecular weight excluding hydrogens is 301 g/mol. The standard InChI is InChI=1S/C21H22FNO/c22-17-9-10-21-20(14-17)19(8-5-13-23-11-3-4-12-23)18-7-2-1-6-16(18)15-24-21/h1-2,6-10,14H,3-5,11-13,15H2/b19-8-. The second kappa shape index (κ2) is 6.78. The van der Waals surface area contributed by atoms with E-state index >= 15 is 0 Å². The lowest BCUT2D eigenvalue weighted by atomic mass is 9.93. The Morgan fingerprint density at radius 3 is 2.75 bits per heavy atom. The molecule has 2 aromatic carbocycles. The second-order valence-electron chi connectivity index (χ2n) is 6.54. The first-order valence-electron chi connectivity index (χ1n) is 8.75. The minimum atomic E-state index is -0.220. The third-order valence-corrected chi connectivity index (χ3v) is 4.91. The van der Waals surface area contributed by atoms with Crippen molar-refractivity contribution < 1.29 is 9.13 Å². The lowest BCUT2D eigenvalue weighted by molar-refractivity contribution is 0.307. The summed E-state index contributed by atoms with van der Waals surface area (Å²) in [5.41, 5.74) is 4.27. The smallest absolute Gasteiger partial charge is 0.127 e. The van der Waals surface area contributed by atoms with E-state index in [0.29, 0.717) is 6.61 Å². The molecule has 4 rings (SSSR count). The minimum absolute atomic E-state index is 0.220. The normalized spacial score (nSPS) is 18.8. The van der Waals surface area contributed by atoms with Crippen molar-refractivity contribution in [3.63, 3.8) is 0 Å². The summed E-state index contributed by atoms with van der Waals surface area (Å²) in [5, 5.41) is 0. The maximum Gasteiger partial charge on any atom is 0.127 e. The number of hydrogen-bond donors (Lipinski definition) is 0. The predicted molar refractivity (Wildman–Crippen MR) is 94.5 cm³/mol. The van der Waals surface area contributed by atoms with E-state index in [2.05, 4.69) is 23.1 Å². The van der Waals surface area contributed by atoms with Crippen LogP contribution >= 0.6 is 0 Å². The van der Waals surface area contributed by atoms with Gasteiger partial charge in [-0.3, -0.25) is 0 Å². The van der Waals surface area contributed by atoms with Gasteiger partial charge in [-0.25, -0.2) is 4.39 Å². The predicted octanol–water partition coefficient (Wildman–Crippen LogP) is 4.64. The average molecular weight is 323 g/mol. The van der Waals surface area contributed by atoms with Crippen LogP contribution in [0.1, 0.15) is 36.0 Å². The van der Waals surface area contributed by atoms with Crippen molar-refractivity contribution in [1.29, 1.82) is 0 Å². The first-order valence-corrected chi connectivity index (χ1v) is 8.75. The third kappa shape index (κ3) is 3.09. The second-order valence-corrected chi connectivity index (χ2v) is 6.54. The SMILES string of the molecule is Fc1ccc2c(c1)/C(=C\CCN1CCCC1)c1ccccc1CO2. The van der Waals surface area contributed by atoms with Crippen LogP contribution < -0.4 is 4.74 Å². The molecule has 0 aromatic heterocycles. The zero-order valence-corrected chi connectivity index (χ0v) is 13.8. The van der Waals surface area contributed by atoms with E-state index in [1.54, 1.807) is 12.1 Å². The molecule has 0 spiro atoms. The first kappa shape index (κ1) is 15.4. The lowest BCUT2D eigenvalue weighted by Crippen LogP contribution is -2.19. The van der Waals surface area contributed by atoms with E-state index in [9.17, 15) is 4.39 Å². The number of hydrogen-bond acceptors (Lipinski definition) is 2. The third-order valence-electron chi connectivity index (χ3n) is 4.91. The van der Waals surface area contributed by atoms with Gasteiger partial charge in [0.25, 0.3) is 0 Å². The summed E-state index contributed by atoms with van der Waals surface area (Å²) in [6, 6.07) is 13.1. The maximum absolute atomic E-state index is 13.9. The Balaban J connectivity index is 1.71. The number of fused-ring (bicyclic) bond motifs is 2. The van der Waals surface area contributed by atoms with Gasteiger partial charge >= 0.3 is 0 Å². The zero-order valence-electron chi connectivity index (χ0n) is 13.8. The highest BCUT2D eigenvalue weighted by atomic mass is 19.1. The van der Waals surface area contributed by atoms with E-state index in [4.69, 9.17) is 4.74 Å². The summed E-state index contributed by atoms with van der Waals surface area (Å²) < 4.78 is 19.8. The number of nitrogens with zero attached hydrogens (tertiary/aromatic N) is 1. The van der Waals surface area contributed by atoms with Crippen molar-refractivity contribution in [2.45, 2.75) is 25.9 Å². The van der Waals surface area contributed by atoms with Crippen LogP contribution in [-0.2, 0) is 6.61 Å². The first-order chi connectivity index (χ1) is 11.8. The molecule has 124 valence electrons. The molecule has 0 atom stereocenters. The topological polar surface area (TPSA) is 12.5 Å². The summed E-state index contributed by atoms with van der Waals surface area (Å²) in [6.45, 7) is 4.00. The molecule has 2 aliphatic rings. The number of rotatable bonds is 3. The fourth-order valence-electron chi connectivity index (χ4n) is 3.67. The summed E-state index contributed by atoms with van der Waals surface area (Å²) in [4.78, 5) is 2.50. The number of benzene rings is 2. The Kier molecular flexibility index (Phi) is 4.35. The molecule has 1 saturated heterocycles. The van der Waals surface area contributed by atoms with E-state index in [-0.39, 0.29) is 5.82 Å². The minimum Gasteiger partial charge on any atom is -0.488 e. The molecule has 3 heteroatoms. The van der Waals surface area contributed by atoms with Gasteiger partial charge in [-0.05, 0) is 67.3 Å². The van der Waals surface area contributed by atoms with Gasteiger partial charge in [-0.15, -0.1) is 0 Å². The van der Waals surface area contributed by atoms with Crippen molar-refractivity contribution in [1.82, 2.24) is 4.90 Å². The molecule has 0 N–H and O–H groups in total. The Labute approximate surface area is 142 Å². The zero-order chi connectivity index (χ0) is 16.4. The van der Waals surface area contributed by atoms with Crippen LogP contribution in [0.2, 0.25) is 0 Å². The van der Waals surface area contributed by atoms with E-state index < -0.39 is 0 Å². The van der Waals surface area contributed by atoms with Gasteiger partial charge in [0.1, 0.15) is 18.2 Å². The molecule has 0 amide bonds. The van der Waals surface area contributed by atoms with Crippen LogP contribution in [0.3, 0.4) is 0 Å². The molecule has 2 heterocycles. The van der Waals surface area contributed by atoms with Crippen molar-refractivity contribution in [3.8, 4) is 5.75 Å². The van der Waals surface area contributed by atoms with E-state index in [1.807, 2.05) is 12.1 Å². The van der Waals surface area contributed by atoms with Gasteiger partial charge in [0.2, 0.25) is 0 Å². The molecular formula is C21H22FNO. The number of ether oxygens (including phenoxy) is 1. The molecule has 0 bridgehead atoms. The van der Waals surface area contributed by atoms with Gasteiger partial charge in [0.05, 0.1) is 0 Å². The van der Waals surface area contributed by atoms with Gasteiger partial charge < -0.3 is 9.64 Å². The molecule has 1 fully saturated rings. The molecule has 0 saturated carbocycles. The Morgan fingerprint density at radius 1 is 1.04 bits per heavy atom. The largest absolute Gasteiger partial charge is 0.488 e. The van der Waals surface area contributed by atoms with Gasteiger partial charge in [0, 0.05) is 12.1 Å². The van der Waals surface area contributed by atoms with Gasteiger partial charge in [-0.1, -0.05) is 30.3 Å². The van der Waals surface area contributed by atoms with E-state index in [0.717, 1.165) is 41.0 Å². The van der Waals surface area contributed by atoms with Crippen molar-refractivity contribution in [2.24, 2.45) is 0 Å². The molecule has 0 aliphatic carbocycles. The van der Waals surface area contributed by atoms with Gasteiger partial charge in [-0.2, -0.15) is 0 Å². The molecule has 2 aromatic rings. The quantitative estimate of drug-likeness (QED) is 0.816. The Morgan fingerprint density at radius 2 is 1.88 bits per heavy atom. The van der Waals surface area contributed by atoms with Gasteiger partial charge in [0.15, 0.2) is 0 Å². The van der Waals surface area contributed by atoms with Crippen LogP contribution in [0, 0.1) is 5.82 Å². The Hall–Kier alpha value is -2.13. The summed E-state index contributed by atoms with van der Waals surface area (Å²) in [6.07, 6.45) is 5.84. The number of likely N-dealkylation sites (tertiary alicyclic amines) is 1. The van der Waals surface area contributed by atoms with Crippen LogP contribution in [0.25, 0.3) is 5.57 Å². The fourth-order valence-corrected chi connectivity index (χ4v) is 3.67. The van der Waals surface area contributed by atoms with Crippen LogP contribution in [0.4, 0.5) is 4.39 Å². The monoisotopic (exact) mass is 323 g/mol. The Bertz CT molecular complexity index is 762. The molecule has 0 radical (unpaired) electrons. The molecule has 0 unspecified atom stereocenters. The summed E-state index contributed by atoms with van der Waals surface area (Å²) in [7, 11) is 0. The summed E-state index contributed by atoms with van der Waals surface area (Å²) in [5.74, 6) is 0.544. The number of halogens is 1. The maximum atomic E-state index is 13.9. The highest BCUT2D eigenvalue weighted by molar-refractivity contribution is 5.84. The highest BCUT2D eigenvalue weighted by Gasteiger charge is 2.19. The summed E-state index contributed by atoms with van der Waals surface area (Å²) >= 11 is 0. The lowest BCUT2D eigenvalue weighted by Gasteiger charge is -2.14. The highest BCUT2D eigenvalue weighted by Crippen LogP contribution is 2.37. The van der Waals surface area contributed by atoms with Crippen molar-refractivity contribution in [2.75, 3.05) is 19.6 Å². The molecule has 24 heavy (non-hydrogen) atoms. The average Bonchev–Trinajstić information content (AvgIpc) is 3.06. The van der Waals surface area contributed by atoms with Crippen molar-refractivity contribution in [3.05, 3.63) is 71.0 Å². The van der Waals surface area contributed by atoms with Crippen molar-refractivity contribution >= 4 is 5.57 Å². The fraction of sp³-hybridized carbons (Fsp3) is 0.333. The van der Waals surface area contributed by atoms with Crippen LogP contribution in [0.15, 0.2) is 48.5 Å². The van der Waals surface area contributed by atoms with Crippen LogP contribution in [0.5, 0.6) is 5.75 Å². The molecule has 2 aliphatic heterocycles.